The van der Waals surface area contributed by atoms with E-state index in [1.165, 1.54) is 4.90 Å². The zero-order chi connectivity index (χ0) is 19.4. The van der Waals surface area contributed by atoms with E-state index >= 15 is 0 Å². The van der Waals surface area contributed by atoms with Crippen LogP contribution in [-0.4, -0.2) is 40.8 Å². The minimum absolute atomic E-state index is 0.0846. The number of Topliss-reactive ketones (excluding diaryl/α,β-unsaturated/α-hetero) is 1. The van der Waals surface area contributed by atoms with Crippen molar-refractivity contribution in [2.24, 2.45) is 0 Å². The first-order valence-electron chi connectivity index (χ1n) is 8.17. The summed E-state index contributed by atoms with van der Waals surface area (Å²) in [6, 6.07) is 10.6. The summed E-state index contributed by atoms with van der Waals surface area (Å²) >= 11 is 0. The number of hydrogen-bond acceptors (Lipinski definition) is 4. The van der Waals surface area contributed by atoms with E-state index in [1.54, 1.807) is 52.2 Å². The number of amides is 1. The summed E-state index contributed by atoms with van der Waals surface area (Å²) < 4.78 is 17.8. The maximum atomic E-state index is 12.5. The highest BCUT2D eigenvalue weighted by Crippen LogP contribution is 2.26. The molecule has 0 bridgehead atoms. The minimum Gasteiger partial charge on any atom is -0.410 e. The third kappa shape index (κ3) is 4.79. The Kier molecular flexibility index (Phi) is 6.32. The molecule has 0 N–H and O–H groups in total. The van der Waals surface area contributed by atoms with Gasteiger partial charge in [-0.25, -0.2) is 4.79 Å². The predicted molar refractivity (Wildman–Crippen MR) is 102 cm³/mol. The van der Waals surface area contributed by atoms with E-state index < -0.39 is 16.9 Å². The van der Waals surface area contributed by atoms with Gasteiger partial charge in [0.25, 0.3) is 0 Å². The van der Waals surface area contributed by atoms with Crippen molar-refractivity contribution in [2.45, 2.75) is 25.7 Å². The van der Waals surface area contributed by atoms with Crippen molar-refractivity contribution in [1.82, 2.24) is 4.90 Å². The summed E-state index contributed by atoms with van der Waals surface area (Å²) in [4.78, 5) is 26.3. The molecule has 1 amide bonds. The molecule has 0 spiro atoms. The molecular formula is C20H23NO4S. The average molecular weight is 373 g/mol. The standard InChI is InChI=1S/C20H23NO4S/c1-13-6-8-17(9-7-13)26(24)12-18(22)16-10-14(2)19(15(3)11-16)25-20(23)21(4)5/h6-11H,12H2,1-5H3/t26-/m0/s1. The van der Waals surface area contributed by atoms with Crippen LogP contribution in [0.3, 0.4) is 0 Å². The van der Waals surface area contributed by atoms with Gasteiger partial charge in [-0.3, -0.25) is 9.00 Å². The molecule has 0 saturated carbocycles. The maximum Gasteiger partial charge on any atom is 0.414 e. The number of rotatable bonds is 5. The summed E-state index contributed by atoms with van der Waals surface area (Å²) in [5.41, 5.74) is 2.91. The monoisotopic (exact) mass is 373 g/mol. The number of carbonyl (C=O) groups excluding carboxylic acids is 2. The summed E-state index contributed by atoms with van der Waals surface area (Å²) in [7, 11) is 1.81. The van der Waals surface area contributed by atoms with Crippen LogP contribution in [-0.2, 0) is 10.8 Å². The second-order valence-corrected chi connectivity index (χ2v) is 7.88. The first-order valence-corrected chi connectivity index (χ1v) is 9.49. The summed E-state index contributed by atoms with van der Waals surface area (Å²) in [6.07, 6.45) is -0.476. The van der Waals surface area contributed by atoms with Gasteiger partial charge in [0.2, 0.25) is 0 Å². The first-order chi connectivity index (χ1) is 12.2. The smallest absolute Gasteiger partial charge is 0.410 e. The van der Waals surface area contributed by atoms with Gasteiger partial charge in [-0.15, -0.1) is 0 Å². The summed E-state index contributed by atoms with van der Waals surface area (Å²) in [5, 5.41) is 0. The Morgan fingerprint density at radius 2 is 1.54 bits per heavy atom. The minimum atomic E-state index is -1.40. The molecule has 5 nitrogen and oxygen atoms in total. The second kappa shape index (κ2) is 8.27. The predicted octanol–water partition coefficient (Wildman–Crippen LogP) is 3.66. The van der Waals surface area contributed by atoms with E-state index in [0.29, 0.717) is 27.3 Å². The molecule has 138 valence electrons. The van der Waals surface area contributed by atoms with E-state index in [1.807, 2.05) is 19.1 Å². The van der Waals surface area contributed by atoms with E-state index in [0.717, 1.165) is 5.56 Å². The lowest BCUT2D eigenvalue weighted by Gasteiger charge is -2.15. The van der Waals surface area contributed by atoms with Crippen LogP contribution in [0, 0.1) is 20.8 Å². The molecule has 0 saturated heterocycles. The first kappa shape index (κ1) is 19.8. The third-order valence-electron chi connectivity index (χ3n) is 3.88. The summed E-state index contributed by atoms with van der Waals surface area (Å²) in [6.45, 7) is 5.51. The molecule has 0 aromatic heterocycles. The number of benzene rings is 2. The second-order valence-electron chi connectivity index (χ2n) is 6.43. The largest absolute Gasteiger partial charge is 0.414 e. The molecule has 0 heterocycles. The number of hydrogen-bond donors (Lipinski definition) is 0. The van der Waals surface area contributed by atoms with Gasteiger partial charge in [-0.2, -0.15) is 0 Å². The van der Waals surface area contributed by atoms with Crippen molar-refractivity contribution < 1.29 is 18.5 Å². The number of nitrogens with zero attached hydrogens (tertiary/aromatic N) is 1. The van der Waals surface area contributed by atoms with Gasteiger partial charge in [-0.1, -0.05) is 17.7 Å². The molecule has 0 radical (unpaired) electrons. The maximum absolute atomic E-state index is 12.5. The molecule has 0 aliphatic rings. The molecular weight excluding hydrogens is 350 g/mol. The normalized spacial score (nSPS) is 11.7. The third-order valence-corrected chi connectivity index (χ3v) is 5.21. The van der Waals surface area contributed by atoms with Crippen LogP contribution in [0.4, 0.5) is 4.79 Å². The molecule has 6 heteroatoms. The average Bonchev–Trinajstić information content (AvgIpc) is 2.57. The van der Waals surface area contributed by atoms with Crippen molar-refractivity contribution in [1.29, 1.82) is 0 Å². The van der Waals surface area contributed by atoms with Gasteiger partial charge >= 0.3 is 6.09 Å². The molecule has 0 aliphatic heterocycles. The Hall–Kier alpha value is -2.47. The van der Waals surface area contributed by atoms with Crippen molar-refractivity contribution in [3.63, 3.8) is 0 Å². The molecule has 0 aliphatic carbocycles. The number of ketones is 1. The molecule has 2 aromatic carbocycles. The van der Waals surface area contributed by atoms with Gasteiger partial charge in [0.15, 0.2) is 5.78 Å². The topological polar surface area (TPSA) is 63.7 Å². The molecule has 2 rings (SSSR count). The van der Waals surface area contributed by atoms with Crippen LogP contribution in [0.1, 0.15) is 27.0 Å². The number of carbonyl (C=O) groups is 2. The molecule has 0 unspecified atom stereocenters. The Bertz CT molecular complexity index is 834. The van der Waals surface area contributed by atoms with Crippen molar-refractivity contribution >= 4 is 22.7 Å². The fraction of sp³-hybridized carbons (Fsp3) is 0.300. The van der Waals surface area contributed by atoms with Crippen LogP contribution in [0.5, 0.6) is 5.75 Å². The van der Waals surface area contributed by atoms with Gasteiger partial charge in [0.1, 0.15) is 5.75 Å². The van der Waals surface area contributed by atoms with Gasteiger partial charge in [0.05, 0.1) is 16.6 Å². The van der Waals surface area contributed by atoms with Crippen molar-refractivity contribution in [2.75, 3.05) is 19.8 Å². The number of aryl methyl sites for hydroxylation is 3. The Balaban J connectivity index is 2.18. The van der Waals surface area contributed by atoms with Crippen LogP contribution in [0.15, 0.2) is 41.3 Å². The Morgan fingerprint density at radius 3 is 2.04 bits per heavy atom. The van der Waals surface area contributed by atoms with E-state index in [2.05, 4.69) is 0 Å². The van der Waals surface area contributed by atoms with Crippen LogP contribution < -0.4 is 4.74 Å². The zero-order valence-corrected chi connectivity index (χ0v) is 16.5. The van der Waals surface area contributed by atoms with Crippen LogP contribution >= 0.6 is 0 Å². The summed E-state index contributed by atoms with van der Waals surface area (Å²) in [5.74, 6) is 0.152. The molecule has 1 atom stereocenters. The lowest BCUT2D eigenvalue weighted by atomic mass is 10.0. The zero-order valence-electron chi connectivity index (χ0n) is 15.7. The lowest BCUT2D eigenvalue weighted by Crippen LogP contribution is -2.26. The Morgan fingerprint density at radius 1 is 1.00 bits per heavy atom. The van der Waals surface area contributed by atoms with Crippen molar-refractivity contribution in [3.8, 4) is 5.75 Å². The van der Waals surface area contributed by atoms with Gasteiger partial charge in [-0.05, 0) is 56.2 Å². The quantitative estimate of drug-likeness (QED) is 0.750. The Labute approximate surface area is 156 Å². The number of ether oxygens (including phenoxy) is 1. The SMILES string of the molecule is Cc1ccc([S@@](=O)CC(=O)c2cc(C)c(OC(=O)N(C)C)c(C)c2)cc1. The van der Waals surface area contributed by atoms with E-state index in [-0.39, 0.29) is 11.5 Å². The highest BCUT2D eigenvalue weighted by Gasteiger charge is 2.17. The van der Waals surface area contributed by atoms with Crippen LogP contribution in [0.2, 0.25) is 0 Å². The fourth-order valence-corrected chi connectivity index (χ4v) is 3.44. The van der Waals surface area contributed by atoms with E-state index in [9.17, 15) is 13.8 Å². The fourth-order valence-electron chi connectivity index (χ4n) is 2.43. The van der Waals surface area contributed by atoms with Gasteiger partial charge < -0.3 is 9.64 Å². The van der Waals surface area contributed by atoms with Crippen molar-refractivity contribution in [3.05, 3.63) is 58.7 Å². The van der Waals surface area contributed by atoms with E-state index in [4.69, 9.17) is 4.74 Å². The molecule has 26 heavy (non-hydrogen) atoms. The van der Waals surface area contributed by atoms with Crippen LogP contribution in [0.25, 0.3) is 0 Å². The lowest BCUT2D eigenvalue weighted by molar-refractivity contribution is 0.102. The molecule has 2 aromatic rings. The highest BCUT2D eigenvalue weighted by molar-refractivity contribution is 7.85. The molecule has 0 fully saturated rings. The van der Waals surface area contributed by atoms with Gasteiger partial charge in [0, 0.05) is 24.6 Å². The highest BCUT2D eigenvalue weighted by atomic mass is 32.2.